The number of anilines is 2. The van der Waals surface area contributed by atoms with Gasteiger partial charge in [0.05, 0.1) is 11.3 Å². The normalized spacial score (nSPS) is 17.0. The highest BCUT2D eigenvalue weighted by molar-refractivity contribution is 7.15. The van der Waals surface area contributed by atoms with E-state index in [1.54, 1.807) is 0 Å². The van der Waals surface area contributed by atoms with Crippen LogP contribution in [0, 0.1) is 5.82 Å². The van der Waals surface area contributed by atoms with E-state index < -0.39 is 23.6 Å². The summed E-state index contributed by atoms with van der Waals surface area (Å²) in [6.07, 6.45) is -2.94. The summed E-state index contributed by atoms with van der Waals surface area (Å²) in [6, 6.07) is 1.50. The number of hydrogen-bond acceptors (Lipinski definition) is 4. The Bertz CT molecular complexity index is 805. The largest absolute Gasteiger partial charge is 0.419 e. The first kappa shape index (κ1) is 17.5. The second-order valence-corrected chi connectivity index (χ2v) is 6.77. The van der Waals surface area contributed by atoms with Crippen molar-refractivity contribution in [3.8, 4) is 0 Å². The molecule has 1 aromatic heterocycles. The summed E-state index contributed by atoms with van der Waals surface area (Å²) >= 11 is 1.36. The predicted molar refractivity (Wildman–Crippen MR) is 85.9 cm³/mol. The number of urea groups is 1. The molecule has 3 rings (SSSR count). The highest BCUT2D eigenvalue weighted by atomic mass is 32.1. The van der Waals surface area contributed by atoms with Crippen LogP contribution < -0.4 is 16.4 Å². The van der Waals surface area contributed by atoms with Gasteiger partial charge in [-0.25, -0.2) is 14.2 Å². The van der Waals surface area contributed by atoms with Crippen LogP contribution in [0.3, 0.4) is 0 Å². The highest BCUT2D eigenvalue weighted by Gasteiger charge is 2.34. The summed E-state index contributed by atoms with van der Waals surface area (Å²) in [5.74, 6) is -1.39. The second-order valence-electron chi connectivity index (χ2n) is 5.65. The Morgan fingerprint density at radius 2 is 2.12 bits per heavy atom. The number of nitrogens with two attached hydrogens (primary N) is 1. The van der Waals surface area contributed by atoms with E-state index >= 15 is 0 Å². The molecule has 2 amide bonds. The molecule has 0 aliphatic heterocycles. The van der Waals surface area contributed by atoms with Gasteiger partial charge in [-0.2, -0.15) is 13.2 Å². The Morgan fingerprint density at radius 1 is 1.36 bits per heavy atom. The van der Waals surface area contributed by atoms with E-state index in [0.29, 0.717) is 36.5 Å². The van der Waals surface area contributed by atoms with Gasteiger partial charge in [-0.3, -0.25) is 0 Å². The van der Waals surface area contributed by atoms with Crippen LogP contribution in [0.5, 0.6) is 0 Å². The Kier molecular flexibility index (Phi) is 4.55. The Morgan fingerprint density at radius 3 is 2.84 bits per heavy atom. The number of carbonyl (C=O) groups excluding carboxylic acids is 1. The zero-order valence-electron chi connectivity index (χ0n) is 12.8. The molecule has 134 valence electrons. The first-order chi connectivity index (χ1) is 11.7. The summed E-state index contributed by atoms with van der Waals surface area (Å²) in [7, 11) is 0. The molecule has 0 spiro atoms. The average molecular weight is 374 g/mol. The second kappa shape index (κ2) is 6.51. The van der Waals surface area contributed by atoms with E-state index in [1.807, 2.05) is 0 Å². The monoisotopic (exact) mass is 374 g/mol. The van der Waals surface area contributed by atoms with Gasteiger partial charge in [0.1, 0.15) is 5.82 Å². The number of amides is 2. The first-order valence-electron chi connectivity index (χ1n) is 7.40. The molecule has 1 aromatic carbocycles. The summed E-state index contributed by atoms with van der Waals surface area (Å²) in [5, 5.41) is 5.48. The molecule has 1 atom stereocenters. The van der Waals surface area contributed by atoms with Crippen LogP contribution in [0.1, 0.15) is 22.6 Å². The van der Waals surface area contributed by atoms with E-state index in [1.165, 1.54) is 11.3 Å². The van der Waals surface area contributed by atoms with Gasteiger partial charge in [-0.15, -0.1) is 11.3 Å². The molecule has 1 aliphatic carbocycles. The standard InChI is InChI=1S/C15H14F4N4OS/c16-10-3-1-7(5-9(10)15(17,18)19)21-14(24)22-8-2-4-11-12(6-8)25-13(20)23-11/h1,3,5,8H,2,4,6H2,(H2,20,23)(H2,21,22,24). The fourth-order valence-electron chi connectivity index (χ4n) is 2.69. The number of alkyl halides is 3. The van der Waals surface area contributed by atoms with Crippen molar-refractivity contribution in [1.29, 1.82) is 0 Å². The molecule has 0 radical (unpaired) electrons. The van der Waals surface area contributed by atoms with Crippen LogP contribution in [0.4, 0.5) is 33.2 Å². The summed E-state index contributed by atoms with van der Waals surface area (Å²) in [6.45, 7) is 0. The van der Waals surface area contributed by atoms with E-state index in [4.69, 9.17) is 5.73 Å². The van der Waals surface area contributed by atoms with E-state index in [0.717, 1.165) is 16.6 Å². The molecule has 0 saturated carbocycles. The summed E-state index contributed by atoms with van der Waals surface area (Å²) in [5.41, 5.74) is 5.02. The number of thiazole rings is 1. The number of nitrogen functional groups attached to an aromatic ring is 1. The van der Waals surface area contributed by atoms with Gasteiger partial charge in [0, 0.05) is 23.0 Å². The van der Waals surface area contributed by atoms with Crippen LogP contribution in [-0.4, -0.2) is 17.1 Å². The van der Waals surface area contributed by atoms with Crippen molar-refractivity contribution in [3.05, 3.63) is 40.2 Å². The van der Waals surface area contributed by atoms with Gasteiger partial charge in [-0.1, -0.05) is 0 Å². The minimum absolute atomic E-state index is 0.134. The number of fused-ring (bicyclic) bond motifs is 1. The number of hydrogen-bond donors (Lipinski definition) is 3. The van der Waals surface area contributed by atoms with Crippen molar-refractivity contribution < 1.29 is 22.4 Å². The van der Waals surface area contributed by atoms with Crippen LogP contribution in [0.25, 0.3) is 0 Å². The van der Waals surface area contributed by atoms with Crippen molar-refractivity contribution in [1.82, 2.24) is 10.3 Å². The fraction of sp³-hybridized carbons (Fsp3) is 0.333. The van der Waals surface area contributed by atoms with Crippen LogP contribution in [0.15, 0.2) is 18.2 Å². The Balaban J connectivity index is 1.64. The Labute approximate surface area is 144 Å². The minimum Gasteiger partial charge on any atom is -0.375 e. The third-order valence-corrected chi connectivity index (χ3v) is 4.77. The fourth-order valence-corrected chi connectivity index (χ4v) is 3.65. The van der Waals surface area contributed by atoms with Crippen molar-refractivity contribution in [2.45, 2.75) is 31.5 Å². The number of aromatic nitrogens is 1. The molecular formula is C15H14F4N4OS. The first-order valence-corrected chi connectivity index (χ1v) is 8.22. The SMILES string of the molecule is Nc1nc2c(s1)CC(NC(=O)Nc1ccc(F)c(C(F)(F)F)c1)CC2. The molecule has 4 N–H and O–H groups in total. The molecule has 10 heteroatoms. The molecule has 1 aliphatic rings. The lowest BCUT2D eigenvalue weighted by atomic mass is 9.98. The maximum Gasteiger partial charge on any atom is 0.419 e. The summed E-state index contributed by atoms with van der Waals surface area (Å²) in [4.78, 5) is 17.2. The molecule has 25 heavy (non-hydrogen) atoms. The number of nitrogens with zero attached hydrogens (tertiary/aromatic N) is 1. The molecule has 1 heterocycles. The maximum absolute atomic E-state index is 13.3. The lowest BCUT2D eigenvalue weighted by Crippen LogP contribution is -2.41. The number of nitrogens with one attached hydrogen (secondary N) is 2. The minimum atomic E-state index is -4.83. The molecule has 1 unspecified atom stereocenters. The number of halogens is 4. The lowest BCUT2D eigenvalue weighted by Gasteiger charge is -2.22. The van der Waals surface area contributed by atoms with Gasteiger partial charge >= 0.3 is 12.2 Å². The van der Waals surface area contributed by atoms with Gasteiger partial charge in [-0.05, 0) is 31.0 Å². The predicted octanol–water partition coefficient (Wildman–Crippen LogP) is 3.56. The number of rotatable bonds is 2. The van der Waals surface area contributed by atoms with Crippen LogP contribution in [0.2, 0.25) is 0 Å². The Hall–Kier alpha value is -2.36. The van der Waals surface area contributed by atoms with Crippen molar-refractivity contribution in [2.24, 2.45) is 0 Å². The molecule has 0 fully saturated rings. The zero-order chi connectivity index (χ0) is 18.2. The zero-order valence-corrected chi connectivity index (χ0v) is 13.6. The molecule has 2 aromatic rings. The third-order valence-electron chi connectivity index (χ3n) is 3.82. The van der Waals surface area contributed by atoms with Crippen LogP contribution in [-0.2, 0) is 19.0 Å². The van der Waals surface area contributed by atoms with Gasteiger partial charge in [0.15, 0.2) is 5.13 Å². The van der Waals surface area contributed by atoms with E-state index in [-0.39, 0.29) is 11.7 Å². The molecule has 0 saturated heterocycles. The van der Waals surface area contributed by atoms with E-state index in [2.05, 4.69) is 15.6 Å². The summed E-state index contributed by atoms with van der Waals surface area (Å²) < 4.78 is 51.3. The molecular weight excluding hydrogens is 360 g/mol. The van der Waals surface area contributed by atoms with Gasteiger partial charge < -0.3 is 16.4 Å². The van der Waals surface area contributed by atoms with Gasteiger partial charge in [0.25, 0.3) is 0 Å². The highest BCUT2D eigenvalue weighted by Crippen LogP contribution is 2.33. The van der Waals surface area contributed by atoms with Crippen molar-refractivity contribution >= 4 is 28.2 Å². The number of benzene rings is 1. The average Bonchev–Trinajstić information content (AvgIpc) is 2.87. The van der Waals surface area contributed by atoms with Crippen molar-refractivity contribution in [2.75, 3.05) is 11.1 Å². The van der Waals surface area contributed by atoms with E-state index in [9.17, 15) is 22.4 Å². The third kappa shape index (κ3) is 4.01. The topological polar surface area (TPSA) is 80.0 Å². The maximum atomic E-state index is 13.3. The number of aryl methyl sites for hydroxylation is 1. The smallest absolute Gasteiger partial charge is 0.375 e. The van der Waals surface area contributed by atoms with Crippen molar-refractivity contribution in [3.63, 3.8) is 0 Å². The van der Waals surface area contributed by atoms with Gasteiger partial charge in [0.2, 0.25) is 0 Å². The molecule has 0 bridgehead atoms. The quantitative estimate of drug-likeness (QED) is 0.703. The van der Waals surface area contributed by atoms with Crippen LogP contribution >= 0.6 is 11.3 Å². The number of carbonyl (C=O) groups is 1. The molecule has 5 nitrogen and oxygen atoms in total. The lowest BCUT2D eigenvalue weighted by molar-refractivity contribution is -0.139.